The highest BCUT2D eigenvalue weighted by molar-refractivity contribution is 5.74. The van der Waals surface area contributed by atoms with E-state index in [1.807, 2.05) is 36.1 Å². The maximum atomic E-state index is 12.4. The molecule has 2 heterocycles. The normalized spacial score (nSPS) is 16.8. The number of carbonyl (C=O) groups excluding carboxylic acids is 1. The summed E-state index contributed by atoms with van der Waals surface area (Å²) in [6.07, 6.45) is 5.16. The average Bonchev–Trinajstić information content (AvgIpc) is 3.16. The molecule has 2 amide bonds. The van der Waals surface area contributed by atoms with E-state index in [1.54, 1.807) is 17.1 Å². The van der Waals surface area contributed by atoms with Crippen molar-refractivity contribution in [3.05, 3.63) is 42.2 Å². The van der Waals surface area contributed by atoms with Gasteiger partial charge < -0.3 is 15.3 Å². The van der Waals surface area contributed by atoms with Gasteiger partial charge in [-0.3, -0.25) is 0 Å². The summed E-state index contributed by atoms with van der Waals surface area (Å²) in [5, 5.41) is 20.0. The molecule has 7 nitrogen and oxygen atoms in total. The van der Waals surface area contributed by atoms with Gasteiger partial charge in [-0.2, -0.15) is 0 Å². The van der Waals surface area contributed by atoms with Gasteiger partial charge in [0.15, 0.2) is 0 Å². The molecule has 0 saturated carbocycles. The number of aliphatic hydroxyl groups is 1. The second kappa shape index (κ2) is 7.44. The van der Waals surface area contributed by atoms with Crippen molar-refractivity contribution in [1.29, 1.82) is 0 Å². The Morgan fingerprint density at radius 1 is 1.33 bits per heavy atom. The fraction of sp³-hybridized carbons (Fsp3) is 0.471. The van der Waals surface area contributed by atoms with Crippen molar-refractivity contribution < 1.29 is 9.90 Å². The van der Waals surface area contributed by atoms with Crippen LogP contribution in [0.3, 0.4) is 0 Å². The minimum absolute atomic E-state index is 0.0424. The van der Waals surface area contributed by atoms with E-state index in [9.17, 15) is 9.90 Å². The van der Waals surface area contributed by atoms with E-state index in [1.165, 1.54) is 0 Å². The molecule has 1 aromatic heterocycles. The molecule has 0 bridgehead atoms. The zero-order valence-electron chi connectivity index (χ0n) is 13.8. The molecular weight excluding hydrogens is 306 g/mol. The molecule has 1 atom stereocenters. The van der Waals surface area contributed by atoms with Gasteiger partial charge in [0.05, 0.1) is 24.1 Å². The smallest absolute Gasteiger partial charge is 0.317 e. The van der Waals surface area contributed by atoms with Crippen LogP contribution in [-0.2, 0) is 0 Å². The molecule has 2 aromatic rings. The van der Waals surface area contributed by atoms with E-state index in [-0.39, 0.29) is 18.7 Å². The predicted octanol–water partition coefficient (Wildman–Crippen LogP) is 1.74. The quantitative estimate of drug-likeness (QED) is 0.895. The first-order valence-corrected chi connectivity index (χ1v) is 8.30. The van der Waals surface area contributed by atoms with Gasteiger partial charge in [-0.1, -0.05) is 17.3 Å². The van der Waals surface area contributed by atoms with E-state index >= 15 is 0 Å². The van der Waals surface area contributed by atoms with Crippen LogP contribution in [0, 0.1) is 5.92 Å². The average molecular weight is 329 g/mol. The number of hydrogen-bond donors (Lipinski definition) is 2. The summed E-state index contributed by atoms with van der Waals surface area (Å²) in [6, 6.07) is 7.77. The maximum absolute atomic E-state index is 12.4. The molecule has 0 radical (unpaired) electrons. The number of nitrogens with one attached hydrogen (secondary N) is 1. The Kier molecular flexibility index (Phi) is 5.10. The van der Waals surface area contributed by atoms with Crippen molar-refractivity contribution >= 4 is 6.03 Å². The van der Waals surface area contributed by atoms with E-state index < -0.39 is 0 Å². The van der Waals surface area contributed by atoms with Gasteiger partial charge >= 0.3 is 6.03 Å². The van der Waals surface area contributed by atoms with Gasteiger partial charge in [0.2, 0.25) is 0 Å². The van der Waals surface area contributed by atoms with E-state index in [4.69, 9.17) is 0 Å². The third-order valence-electron chi connectivity index (χ3n) is 4.58. The lowest BCUT2D eigenvalue weighted by molar-refractivity contribution is 0.136. The third kappa shape index (κ3) is 3.73. The number of amides is 2. The molecular formula is C17H23N5O2. The molecule has 3 rings (SSSR count). The fourth-order valence-electron chi connectivity index (χ4n) is 2.94. The van der Waals surface area contributed by atoms with Crippen LogP contribution in [0.2, 0.25) is 0 Å². The van der Waals surface area contributed by atoms with Crippen molar-refractivity contribution in [3.63, 3.8) is 0 Å². The van der Waals surface area contributed by atoms with Crippen LogP contribution in [0.5, 0.6) is 0 Å². The molecule has 1 unspecified atom stereocenters. The number of urea groups is 1. The first-order valence-electron chi connectivity index (χ1n) is 8.30. The summed E-state index contributed by atoms with van der Waals surface area (Å²) < 4.78 is 1.69. The molecule has 1 saturated heterocycles. The number of nitrogens with zero attached hydrogens (tertiary/aromatic N) is 4. The lowest BCUT2D eigenvalue weighted by Crippen LogP contribution is -2.45. The number of rotatable bonds is 4. The van der Waals surface area contributed by atoms with Crippen molar-refractivity contribution in [1.82, 2.24) is 25.2 Å². The molecule has 0 aliphatic carbocycles. The maximum Gasteiger partial charge on any atom is 0.317 e. The number of aromatic nitrogens is 3. The van der Waals surface area contributed by atoms with E-state index in [0.717, 1.165) is 24.1 Å². The van der Waals surface area contributed by atoms with Crippen molar-refractivity contribution in [2.45, 2.75) is 25.8 Å². The zero-order chi connectivity index (χ0) is 16.9. The first kappa shape index (κ1) is 16.4. The Bertz CT molecular complexity index is 648. The highest BCUT2D eigenvalue weighted by Gasteiger charge is 2.23. The summed E-state index contributed by atoms with van der Waals surface area (Å²) in [6.45, 7) is 3.59. The van der Waals surface area contributed by atoms with Crippen LogP contribution >= 0.6 is 0 Å². The molecule has 1 aliphatic heterocycles. The predicted molar refractivity (Wildman–Crippen MR) is 89.7 cm³/mol. The Hall–Kier alpha value is -2.41. The second-order valence-corrected chi connectivity index (χ2v) is 6.22. The van der Waals surface area contributed by atoms with Gasteiger partial charge in [-0.25, -0.2) is 9.48 Å². The SMILES string of the molecule is CC(NC(=O)N1CCC(CO)CC1)c1ccc(-n2ccnn2)cc1. The van der Waals surface area contributed by atoms with Crippen molar-refractivity contribution in [2.75, 3.05) is 19.7 Å². The fourth-order valence-corrected chi connectivity index (χ4v) is 2.94. The first-order chi connectivity index (χ1) is 11.7. The lowest BCUT2D eigenvalue weighted by Gasteiger charge is -2.32. The number of piperidine rings is 1. The summed E-state index contributed by atoms with van der Waals surface area (Å²) >= 11 is 0. The zero-order valence-corrected chi connectivity index (χ0v) is 13.8. The van der Waals surface area contributed by atoms with Gasteiger partial charge in [0.25, 0.3) is 0 Å². The van der Waals surface area contributed by atoms with Crippen LogP contribution in [-0.4, -0.2) is 50.7 Å². The molecule has 24 heavy (non-hydrogen) atoms. The third-order valence-corrected chi connectivity index (χ3v) is 4.58. The monoisotopic (exact) mass is 329 g/mol. The van der Waals surface area contributed by atoms with Crippen molar-refractivity contribution in [3.8, 4) is 5.69 Å². The number of aliphatic hydroxyl groups excluding tert-OH is 1. The van der Waals surface area contributed by atoms with Crippen molar-refractivity contribution in [2.24, 2.45) is 5.92 Å². The number of likely N-dealkylation sites (tertiary alicyclic amines) is 1. The highest BCUT2D eigenvalue weighted by atomic mass is 16.3. The summed E-state index contributed by atoms with van der Waals surface area (Å²) in [7, 11) is 0. The number of hydrogen-bond acceptors (Lipinski definition) is 4. The van der Waals surface area contributed by atoms with Crippen LogP contribution < -0.4 is 5.32 Å². The largest absolute Gasteiger partial charge is 0.396 e. The standard InChI is InChI=1S/C17H23N5O2/c1-13(19-17(24)21-9-6-14(12-23)7-10-21)15-2-4-16(5-3-15)22-11-8-18-20-22/h2-5,8,11,13-14,23H,6-7,9-10,12H2,1H3,(H,19,24). The van der Waals surface area contributed by atoms with Gasteiger partial charge in [-0.05, 0) is 43.4 Å². The summed E-state index contributed by atoms with van der Waals surface area (Å²) in [5.41, 5.74) is 1.97. The Balaban J connectivity index is 1.56. The molecule has 2 N–H and O–H groups in total. The van der Waals surface area contributed by atoms with Crippen LogP contribution in [0.4, 0.5) is 4.79 Å². The molecule has 1 aliphatic rings. The van der Waals surface area contributed by atoms with Gasteiger partial charge in [0, 0.05) is 19.7 Å². The van der Waals surface area contributed by atoms with E-state index in [0.29, 0.717) is 19.0 Å². The minimum atomic E-state index is -0.0714. The highest BCUT2D eigenvalue weighted by Crippen LogP contribution is 2.19. The number of benzene rings is 1. The van der Waals surface area contributed by atoms with Gasteiger partial charge in [-0.15, -0.1) is 5.10 Å². The molecule has 1 aromatic carbocycles. The topological polar surface area (TPSA) is 83.3 Å². The lowest BCUT2D eigenvalue weighted by atomic mass is 9.98. The van der Waals surface area contributed by atoms with Crippen LogP contribution in [0.15, 0.2) is 36.7 Å². The Morgan fingerprint density at radius 3 is 2.62 bits per heavy atom. The van der Waals surface area contributed by atoms with E-state index in [2.05, 4.69) is 15.6 Å². The van der Waals surface area contributed by atoms with Crippen LogP contribution in [0.1, 0.15) is 31.4 Å². The molecule has 7 heteroatoms. The Morgan fingerprint density at radius 2 is 2.04 bits per heavy atom. The molecule has 0 spiro atoms. The van der Waals surface area contributed by atoms with Crippen LogP contribution in [0.25, 0.3) is 5.69 Å². The molecule has 1 fully saturated rings. The molecule has 128 valence electrons. The van der Waals surface area contributed by atoms with Gasteiger partial charge in [0.1, 0.15) is 0 Å². The number of carbonyl (C=O) groups is 1. The summed E-state index contributed by atoms with van der Waals surface area (Å²) in [4.78, 5) is 14.2. The minimum Gasteiger partial charge on any atom is -0.396 e. The summed E-state index contributed by atoms with van der Waals surface area (Å²) in [5.74, 6) is 0.329. The second-order valence-electron chi connectivity index (χ2n) is 6.22. The Labute approximate surface area is 141 Å².